The molecule has 1 aromatic rings. The summed E-state index contributed by atoms with van der Waals surface area (Å²) in [5, 5.41) is 4.09. The van der Waals surface area contributed by atoms with E-state index >= 15 is 0 Å². The number of aliphatic imine (C=N–C) groups is 1. The number of rotatable bonds is 3. The number of hydrogen-bond acceptors (Lipinski definition) is 2. The Morgan fingerprint density at radius 1 is 1.24 bits per heavy atom. The van der Waals surface area contributed by atoms with Crippen molar-refractivity contribution >= 4 is 23.5 Å². The van der Waals surface area contributed by atoms with Gasteiger partial charge in [-0.1, -0.05) is 29.8 Å². The monoisotopic (exact) mass is 246 g/mol. The van der Waals surface area contributed by atoms with Crippen molar-refractivity contribution in [3.8, 4) is 0 Å². The molecule has 0 bridgehead atoms. The highest BCUT2D eigenvalue weighted by Gasteiger charge is 2.16. The molecule has 0 fully saturated rings. The number of nitrogens with zero attached hydrogens (tertiary/aromatic N) is 1. The lowest BCUT2D eigenvalue weighted by Gasteiger charge is -2.02. The van der Waals surface area contributed by atoms with E-state index in [0.29, 0.717) is 0 Å². The zero-order chi connectivity index (χ0) is 12.1. The summed E-state index contributed by atoms with van der Waals surface area (Å²) in [6, 6.07) is 10.1. The molecule has 0 aliphatic heterocycles. The molecule has 0 saturated heterocycles. The predicted octanol–water partition coefficient (Wildman–Crippen LogP) is 3.97. The molecular weight excluding hydrogens is 232 g/mol. The van der Waals surface area contributed by atoms with Crippen LogP contribution in [0.25, 0.3) is 0 Å². The second kappa shape index (κ2) is 5.69. The first-order valence-corrected chi connectivity index (χ1v) is 6.01. The van der Waals surface area contributed by atoms with E-state index < -0.39 is 0 Å². The molecule has 0 unspecified atom stereocenters. The van der Waals surface area contributed by atoms with Gasteiger partial charge in [0.25, 0.3) is 0 Å². The van der Waals surface area contributed by atoms with Gasteiger partial charge in [-0.3, -0.25) is 4.99 Å². The highest BCUT2D eigenvalue weighted by molar-refractivity contribution is 6.34. The van der Waals surface area contributed by atoms with E-state index in [4.69, 9.17) is 11.6 Å². The fraction of sp³-hybridized carbons (Fsp3) is 0.214. The topological polar surface area (TPSA) is 24.4 Å². The third-order valence-electron chi connectivity index (χ3n) is 2.70. The molecule has 1 aromatic carbocycles. The van der Waals surface area contributed by atoms with Gasteiger partial charge in [0.2, 0.25) is 0 Å². The normalized spacial score (nSPS) is 18.4. The Kier molecular flexibility index (Phi) is 3.99. The minimum absolute atomic E-state index is 0.832. The Labute approximate surface area is 107 Å². The minimum atomic E-state index is 0.832. The Balaban J connectivity index is 2.10. The van der Waals surface area contributed by atoms with Crippen molar-refractivity contribution in [1.29, 1.82) is 0 Å². The third-order valence-corrected chi connectivity index (χ3v) is 3.18. The summed E-state index contributed by atoms with van der Waals surface area (Å²) in [6.07, 6.45) is 5.76. The smallest absolute Gasteiger partial charge is 0.0499 e. The van der Waals surface area contributed by atoms with Gasteiger partial charge in [0.05, 0.1) is 0 Å². The van der Waals surface area contributed by atoms with E-state index in [1.165, 1.54) is 0 Å². The number of anilines is 1. The van der Waals surface area contributed by atoms with Crippen LogP contribution in [0.5, 0.6) is 0 Å². The number of allylic oxidation sites excluding steroid dienone is 3. The molecule has 2 rings (SSSR count). The maximum absolute atomic E-state index is 6.27. The van der Waals surface area contributed by atoms with Crippen molar-refractivity contribution in [3.05, 3.63) is 52.7 Å². The summed E-state index contributed by atoms with van der Waals surface area (Å²) >= 11 is 6.27. The first-order chi connectivity index (χ1) is 8.31. The van der Waals surface area contributed by atoms with Gasteiger partial charge in [-0.25, -0.2) is 0 Å². The Bertz CT molecular complexity index is 472. The van der Waals surface area contributed by atoms with Crippen LogP contribution in [0.15, 0.2) is 57.7 Å². The van der Waals surface area contributed by atoms with Crippen LogP contribution in [0.4, 0.5) is 5.69 Å². The largest absolute Gasteiger partial charge is 0.361 e. The van der Waals surface area contributed by atoms with Crippen LogP contribution >= 0.6 is 11.6 Å². The van der Waals surface area contributed by atoms with Gasteiger partial charge in [0, 0.05) is 30.2 Å². The SMILES string of the molecule is CN=CC1=C(Cl)C(=CNc2ccccc2)CC1. The molecule has 0 aromatic heterocycles. The van der Waals surface area contributed by atoms with Gasteiger partial charge in [0.1, 0.15) is 0 Å². The third kappa shape index (κ3) is 2.98. The van der Waals surface area contributed by atoms with Crippen LogP contribution in [0.2, 0.25) is 0 Å². The molecule has 88 valence electrons. The molecule has 2 nitrogen and oxygen atoms in total. The molecular formula is C14H15ClN2. The van der Waals surface area contributed by atoms with Crippen LogP contribution in [0.1, 0.15) is 12.8 Å². The molecule has 1 aliphatic rings. The molecule has 0 heterocycles. The molecule has 17 heavy (non-hydrogen) atoms. The van der Waals surface area contributed by atoms with Crippen LogP contribution in [0, 0.1) is 0 Å². The van der Waals surface area contributed by atoms with Crippen molar-refractivity contribution in [2.45, 2.75) is 12.8 Å². The lowest BCUT2D eigenvalue weighted by Crippen LogP contribution is -1.89. The Hall–Kier alpha value is -1.54. The zero-order valence-electron chi connectivity index (χ0n) is 9.78. The van der Waals surface area contributed by atoms with E-state index in [2.05, 4.69) is 10.3 Å². The molecule has 0 saturated carbocycles. The van der Waals surface area contributed by atoms with Gasteiger partial charge in [-0.05, 0) is 36.1 Å². The molecule has 0 spiro atoms. The fourth-order valence-corrected chi connectivity index (χ4v) is 2.10. The first-order valence-electron chi connectivity index (χ1n) is 5.63. The summed E-state index contributed by atoms with van der Waals surface area (Å²) in [5.41, 5.74) is 3.34. The van der Waals surface area contributed by atoms with Gasteiger partial charge in [-0.2, -0.15) is 0 Å². The van der Waals surface area contributed by atoms with Gasteiger partial charge in [-0.15, -0.1) is 0 Å². The maximum atomic E-state index is 6.27. The Morgan fingerprint density at radius 3 is 2.71 bits per heavy atom. The maximum Gasteiger partial charge on any atom is 0.0499 e. The summed E-state index contributed by atoms with van der Waals surface area (Å²) in [7, 11) is 1.76. The summed E-state index contributed by atoms with van der Waals surface area (Å²) in [6.45, 7) is 0. The van der Waals surface area contributed by atoms with Gasteiger partial charge >= 0.3 is 0 Å². The molecule has 3 heteroatoms. The predicted molar refractivity (Wildman–Crippen MR) is 74.7 cm³/mol. The summed E-state index contributed by atoms with van der Waals surface area (Å²) < 4.78 is 0. The lowest BCUT2D eigenvalue weighted by molar-refractivity contribution is 1.04. The van der Waals surface area contributed by atoms with E-state index in [0.717, 1.165) is 34.7 Å². The number of nitrogens with one attached hydrogen (secondary N) is 1. The molecule has 0 atom stereocenters. The minimum Gasteiger partial charge on any atom is -0.361 e. The van der Waals surface area contributed by atoms with Crippen LogP contribution in [-0.2, 0) is 0 Å². The quantitative estimate of drug-likeness (QED) is 0.802. The highest BCUT2D eigenvalue weighted by Crippen LogP contribution is 2.33. The second-order valence-electron chi connectivity index (χ2n) is 3.91. The molecule has 0 amide bonds. The summed E-state index contributed by atoms with van der Waals surface area (Å²) in [4.78, 5) is 4.01. The van der Waals surface area contributed by atoms with E-state index in [9.17, 15) is 0 Å². The van der Waals surface area contributed by atoms with Crippen molar-refractivity contribution in [1.82, 2.24) is 0 Å². The van der Waals surface area contributed by atoms with E-state index in [1.807, 2.05) is 42.7 Å². The standard InChI is InChI=1S/C14H15ClN2/c1-16-9-11-7-8-12(14(11)15)10-17-13-5-3-2-4-6-13/h2-6,9-10,17H,7-8H2,1H3. The van der Waals surface area contributed by atoms with Crippen molar-refractivity contribution in [2.75, 3.05) is 12.4 Å². The number of para-hydroxylation sites is 1. The number of hydrogen-bond donors (Lipinski definition) is 1. The average molecular weight is 247 g/mol. The summed E-state index contributed by atoms with van der Waals surface area (Å²) in [5.74, 6) is 0. The number of halogens is 1. The van der Waals surface area contributed by atoms with Crippen molar-refractivity contribution < 1.29 is 0 Å². The van der Waals surface area contributed by atoms with Crippen LogP contribution in [-0.4, -0.2) is 13.3 Å². The van der Waals surface area contributed by atoms with Crippen LogP contribution in [0.3, 0.4) is 0 Å². The Morgan fingerprint density at radius 2 is 2.00 bits per heavy atom. The van der Waals surface area contributed by atoms with E-state index in [1.54, 1.807) is 7.05 Å². The zero-order valence-corrected chi connectivity index (χ0v) is 10.5. The first kappa shape index (κ1) is 11.9. The molecule has 1 aliphatic carbocycles. The van der Waals surface area contributed by atoms with Crippen LogP contribution < -0.4 is 5.32 Å². The second-order valence-corrected chi connectivity index (χ2v) is 4.28. The van der Waals surface area contributed by atoms with Crippen molar-refractivity contribution in [2.24, 2.45) is 4.99 Å². The van der Waals surface area contributed by atoms with Crippen molar-refractivity contribution in [3.63, 3.8) is 0 Å². The van der Waals surface area contributed by atoms with Gasteiger partial charge in [0.15, 0.2) is 0 Å². The molecule has 1 N–H and O–H groups in total. The van der Waals surface area contributed by atoms with Gasteiger partial charge < -0.3 is 5.32 Å². The molecule has 0 radical (unpaired) electrons. The fourth-order valence-electron chi connectivity index (χ4n) is 1.81. The number of benzene rings is 1. The highest BCUT2D eigenvalue weighted by atomic mass is 35.5. The lowest BCUT2D eigenvalue weighted by atomic mass is 10.2. The van der Waals surface area contributed by atoms with E-state index in [-0.39, 0.29) is 0 Å². The average Bonchev–Trinajstić information content (AvgIpc) is 2.70.